The summed E-state index contributed by atoms with van der Waals surface area (Å²) in [6, 6.07) is 8.34. The molecule has 3 nitrogen and oxygen atoms in total. The largest absolute Gasteiger partial charge is 0.384 e. The third-order valence-electron chi connectivity index (χ3n) is 3.08. The lowest BCUT2D eigenvalue weighted by Crippen LogP contribution is -2.45. The lowest BCUT2D eigenvalue weighted by molar-refractivity contribution is 0.00181. The maximum atomic E-state index is 5.84. The molecule has 0 saturated carbocycles. The third kappa shape index (κ3) is 3.87. The van der Waals surface area contributed by atoms with Crippen molar-refractivity contribution in [3.8, 4) is 0 Å². The summed E-state index contributed by atoms with van der Waals surface area (Å²) in [6.07, 6.45) is 0. The van der Waals surface area contributed by atoms with Gasteiger partial charge in [-0.25, -0.2) is 0 Å². The summed E-state index contributed by atoms with van der Waals surface area (Å²) in [5.41, 5.74) is 1.12. The molecule has 0 bridgehead atoms. The van der Waals surface area contributed by atoms with Crippen molar-refractivity contribution in [2.24, 2.45) is 0 Å². The maximum absolute atomic E-state index is 5.84. The molecule has 0 amide bonds. The van der Waals surface area contributed by atoms with Gasteiger partial charge in [0.1, 0.15) is 0 Å². The Morgan fingerprint density at radius 2 is 2.18 bits per heavy atom. The van der Waals surface area contributed by atoms with Crippen LogP contribution >= 0.6 is 11.6 Å². The zero-order valence-electron chi connectivity index (χ0n) is 10.2. The molecular formula is C13H19ClN2O. The average Bonchev–Trinajstić information content (AvgIpc) is 2.34. The summed E-state index contributed by atoms with van der Waals surface area (Å²) in [4.78, 5) is 2.45. The highest BCUT2D eigenvalue weighted by Gasteiger charge is 2.17. The molecule has 0 aromatic heterocycles. The van der Waals surface area contributed by atoms with Crippen LogP contribution in [-0.4, -0.2) is 43.8 Å². The Kier molecular flexibility index (Phi) is 4.66. The molecule has 1 unspecified atom stereocenters. The molecule has 2 rings (SSSR count). The molecule has 0 aliphatic carbocycles. The van der Waals surface area contributed by atoms with Crippen LogP contribution in [0.5, 0.6) is 0 Å². The van der Waals surface area contributed by atoms with Crippen LogP contribution in [0, 0.1) is 0 Å². The summed E-state index contributed by atoms with van der Waals surface area (Å²) in [5.74, 6) is 0. The van der Waals surface area contributed by atoms with Gasteiger partial charge in [-0.1, -0.05) is 11.6 Å². The zero-order chi connectivity index (χ0) is 12.1. The number of benzene rings is 1. The van der Waals surface area contributed by atoms with Crippen LogP contribution < -0.4 is 5.32 Å². The fourth-order valence-electron chi connectivity index (χ4n) is 2.01. The van der Waals surface area contributed by atoms with Gasteiger partial charge >= 0.3 is 0 Å². The number of rotatable bonds is 4. The van der Waals surface area contributed by atoms with Gasteiger partial charge in [0, 0.05) is 36.4 Å². The van der Waals surface area contributed by atoms with Crippen LogP contribution in [0.25, 0.3) is 0 Å². The predicted octanol–water partition coefficient (Wildman–Crippen LogP) is 2.47. The molecule has 1 heterocycles. The smallest absolute Gasteiger partial charge is 0.0619 e. The van der Waals surface area contributed by atoms with E-state index in [0.29, 0.717) is 6.04 Å². The van der Waals surface area contributed by atoms with Crippen molar-refractivity contribution in [2.75, 3.05) is 38.2 Å². The van der Waals surface area contributed by atoms with Crippen molar-refractivity contribution in [3.63, 3.8) is 0 Å². The Bertz CT molecular complexity index is 342. The molecule has 17 heavy (non-hydrogen) atoms. The van der Waals surface area contributed by atoms with Crippen molar-refractivity contribution < 1.29 is 4.74 Å². The number of hydrogen-bond donors (Lipinski definition) is 1. The topological polar surface area (TPSA) is 24.5 Å². The first-order chi connectivity index (χ1) is 8.25. The van der Waals surface area contributed by atoms with Gasteiger partial charge in [0.25, 0.3) is 0 Å². The summed E-state index contributed by atoms with van der Waals surface area (Å²) in [7, 11) is 0. The molecule has 1 atom stereocenters. The van der Waals surface area contributed by atoms with Crippen LogP contribution in [0.4, 0.5) is 5.69 Å². The Hall–Kier alpha value is -0.770. The molecule has 94 valence electrons. The fourth-order valence-corrected chi connectivity index (χ4v) is 2.13. The lowest BCUT2D eigenvalue weighted by atomic mass is 10.2. The Morgan fingerprint density at radius 1 is 1.41 bits per heavy atom. The second-order valence-corrected chi connectivity index (χ2v) is 4.83. The molecule has 1 aliphatic rings. The van der Waals surface area contributed by atoms with Gasteiger partial charge < -0.3 is 10.1 Å². The van der Waals surface area contributed by atoms with Gasteiger partial charge in [0.05, 0.1) is 13.2 Å². The molecule has 1 aromatic rings. The first-order valence-corrected chi connectivity index (χ1v) is 6.45. The number of morpholine rings is 1. The SMILES string of the molecule is CC1COCCN1CCNc1ccc(Cl)cc1. The van der Waals surface area contributed by atoms with E-state index in [0.717, 1.165) is 43.6 Å². The molecule has 0 spiro atoms. The van der Waals surface area contributed by atoms with Crippen LogP contribution in [-0.2, 0) is 4.74 Å². The fraction of sp³-hybridized carbons (Fsp3) is 0.538. The quantitative estimate of drug-likeness (QED) is 0.894. The van der Waals surface area contributed by atoms with Gasteiger partial charge in [-0.3, -0.25) is 4.90 Å². The van der Waals surface area contributed by atoms with Crippen molar-refractivity contribution in [1.82, 2.24) is 4.90 Å². The van der Waals surface area contributed by atoms with Gasteiger partial charge in [-0.2, -0.15) is 0 Å². The standard InChI is InChI=1S/C13H19ClN2O/c1-11-10-17-9-8-16(11)7-6-15-13-4-2-12(14)3-5-13/h2-5,11,15H,6-10H2,1H3. The van der Waals surface area contributed by atoms with E-state index in [1.807, 2.05) is 24.3 Å². The van der Waals surface area contributed by atoms with E-state index in [1.54, 1.807) is 0 Å². The lowest BCUT2D eigenvalue weighted by Gasteiger charge is -2.33. The molecular weight excluding hydrogens is 236 g/mol. The Labute approximate surface area is 108 Å². The normalized spacial score (nSPS) is 21.4. The highest BCUT2D eigenvalue weighted by atomic mass is 35.5. The van der Waals surface area contributed by atoms with E-state index in [9.17, 15) is 0 Å². The minimum Gasteiger partial charge on any atom is -0.384 e. The number of hydrogen-bond acceptors (Lipinski definition) is 3. The molecule has 1 aromatic carbocycles. The molecule has 1 fully saturated rings. The summed E-state index contributed by atoms with van der Waals surface area (Å²) in [6.45, 7) is 6.94. The summed E-state index contributed by atoms with van der Waals surface area (Å²) in [5, 5.41) is 4.17. The van der Waals surface area contributed by atoms with Crippen LogP contribution in [0.15, 0.2) is 24.3 Å². The predicted molar refractivity (Wildman–Crippen MR) is 71.8 cm³/mol. The number of ether oxygens (including phenoxy) is 1. The van der Waals surface area contributed by atoms with E-state index in [4.69, 9.17) is 16.3 Å². The van der Waals surface area contributed by atoms with E-state index in [-0.39, 0.29) is 0 Å². The van der Waals surface area contributed by atoms with Crippen molar-refractivity contribution in [2.45, 2.75) is 13.0 Å². The van der Waals surface area contributed by atoms with Crippen molar-refractivity contribution >= 4 is 17.3 Å². The molecule has 4 heteroatoms. The first kappa shape index (κ1) is 12.7. The number of nitrogens with zero attached hydrogens (tertiary/aromatic N) is 1. The van der Waals surface area contributed by atoms with E-state index < -0.39 is 0 Å². The molecule has 0 radical (unpaired) electrons. The van der Waals surface area contributed by atoms with E-state index >= 15 is 0 Å². The second kappa shape index (κ2) is 6.24. The molecule has 1 aliphatic heterocycles. The molecule has 1 saturated heterocycles. The minimum atomic E-state index is 0.524. The van der Waals surface area contributed by atoms with Crippen LogP contribution in [0.2, 0.25) is 5.02 Å². The van der Waals surface area contributed by atoms with Crippen molar-refractivity contribution in [3.05, 3.63) is 29.3 Å². The number of halogens is 1. The van der Waals surface area contributed by atoms with Crippen LogP contribution in [0.1, 0.15) is 6.92 Å². The minimum absolute atomic E-state index is 0.524. The highest BCUT2D eigenvalue weighted by molar-refractivity contribution is 6.30. The third-order valence-corrected chi connectivity index (χ3v) is 3.33. The Balaban J connectivity index is 1.73. The van der Waals surface area contributed by atoms with E-state index in [1.165, 1.54) is 0 Å². The van der Waals surface area contributed by atoms with Gasteiger partial charge in [0.15, 0.2) is 0 Å². The van der Waals surface area contributed by atoms with Crippen molar-refractivity contribution in [1.29, 1.82) is 0 Å². The summed E-state index contributed by atoms with van der Waals surface area (Å²) >= 11 is 5.84. The van der Waals surface area contributed by atoms with Gasteiger partial charge in [0.2, 0.25) is 0 Å². The summed E-state index contributed by atoms with van der Waals surface area (Å²) < 4.78 is 5.41. The van der Waals surface area contributed by atoms with Gasteiger partial charge in [-0.15, -0.1) is 0 Å². The first-order valence-electron chi connectivity index (χ1n) is 6.07. The van der Waals surface area contributed by atoms with E-state index in [2.05, 4.69) is 17.1 Å². The Morgan fingerprint density at radius 3 is 2.88 bits per heavy atom. The number of nitrogens with one attached hydrogen (secondary N) is 1. The monoisotopic (exact) mass is 254 g/mol. The average molecular weight is 255 g/mol. The zero-order valence-corrected chi connectivity index (χ0v) is 10.9. The molecule has 1 N–H and O–H groups in total. The maximum Gasteiger partial charge on any atom is 0.0619 e. The number of anilines is 1. The highest BCUT2D eigenvalue weighted by Crippen LogP contribution is 2.13. The van der Waals surface area contributed by atoms with Gasteiger partial charge in [-0.05, 0) is 31.2 Å². The van der Waals surface area contributed by atoms with Crippen LogP contribution in [0.3, 0.4) is 0 Å². The second-order valence-electron chi connectivity index (χ2n) is 4.39.